The molecule has 0 bridgehead atoms. The lowest BCUT2D eigenvalue weighted by Gasteiger charge is -2.38. The smallest absolute Gasteiger partial charge is 0.222 e. The quantitative estimate of drug-likeness (QED) is 0.890. The molecule has 4 rings (SSSR count). The highest BCUT2D eigenvalue weighted by molar-refractivity contribution is 5.25. The molecule has 0 radical (unpaired) electrons. The predicted molar refractivity (Wildman–Crippen MR) is 90.6 cm³/mol. The van der Waals surface area contributed by atoms with E-state index in [1.165, 1.54) is 5.69 Å². The molecule has 0 saturated carbocycles. The molecule has 7 heteroatoms. The summed E-state index contributed by atoms with van der Waals surface area (Å²) in [4.78, 5) is 18.5. The third-order valence-corrected chi connectivity index (χ3v) is 5.18. The highest BCUT2D eigenvalue weighted by atomic mass is 16.5. The summed E-state index contributed by atoms with van der Waals surface area (Å²) in [6.45, 7) is 5.85. The number of aryl methyl sites for hydroxylation is 1. The minimum Gasteiger partial charge on any atom is -0.373 e. The zero-order chi connectivity index (χ0) is 16.4. The minimum atomic E-state index is 0.0174. The Morgan fingerprint density at radius 3 is 2.79 bits per heavy atom. The van der Waals surface area contributed by atoms with Crippen LogP contribution < -0.4 is 5.32 Å². The first-order chi connectivity index (χ1) is 11.7. The first kappa shape index (κ1) is 15.5. The third kappa shape index (κ3) is 3.27. The molecule has 7 nitrogen and oxygen atoms in total. The molecule has 4 heterocycles. The summed E-state index contributed by atoms with van der Waals surface area (Å²) in [7, 11) is 0. The number of imidazole rings is 1. The van der Waals surface area contributed by atoms with Gasteiger partial charge in [-0.05, 0) is 32.3 Å². The number of H-pyrrole nitrogens is 1. The Balaban J connectivity index is 1.30. The molecule has 2 fully saturated rings. The Bertz CT molecular complexity index is 665. The number of aromatic nitrogens is 4. The average Bonchev–Trinajstić information content (AvgIpc) is 3.18. The van der Waals surface area contributed by atoms with Crippen LogP contribution in [-0.2, 0) is 11.3 Å². The Kier molecular flexibility index (Phi) is 4.20. The molecule has 0 aromatic carbocycles. The van der Waals surface area contributed by atoms with Crippen molar-refractivity contribution in [2.75, 3.05) is 25.0 Å². The molecule has 0 unspecified atom stereocenters. The van der Waals surface area contributed by atoms with Crippen molar-refractivity contribution in [1.82, 2.24) is 24.8 Å². The Hall–Kier alpha value is -1.99. The van der Waals surface area contributed by atoms with E-state index in [1.54, 1.807) is 18.7 Å². The highest BCUT2D eigenvalue weighted by Gasteiger charge is 2.42. The number of rotatable bonds is 4. The standard InChI is InChI=1S/C17H24N6O/c1-13-15(21-12-20-13)10-23-7-3-17(4-8-23)9-14(11-24-17)22-16-18-5-2-6-19-16/h2,5-6,12,14H,3-4,7-11H2,1H3,(H,20,21)(H,18,19,22)/t14-/m1/s1. The number of piperidine rings is 1. The van der Waals surface area contributed by atoms with E-state index >= 15 is 0 Å². The molecule has 1 spiro atoms. The van der Waals surface area contributed by atoms with Crippen molar-refractivity contribution in [3.63, 3.8) is 0 Å². The number of anilines is 1. The van der Waals surface area contributed by atoms with Crippen LogP contribution in [0.5, 0.6) is 0 Å². The van der Waals surface area contributed by atoms with Gasteiger partial charge in [0.2, 0.25) is 5.95 Å². The third-order valence-electron chi connectivity index (χ3n) is 5.18. The molecule has 2 N–H and O–H groups in total. The van der Waals surface area contributed by atoms with Crippen LogP contribution >= 0.6 is 0 Å². The molecule has 2 aromatic heterocycles. The molecule has 2 aliphatic heterocycles. The molecule has 24 heavy (non-hydrogen) atoms. The summed E-state index contributed by atoms with van der Waals surface area (Å²) in [5.41, 5.74) is 2.34. The maximum Gasteiger partial charge on any atom is 0.222 e. The summed E-state index contributed by atoms with van der Waals surface area (Å²) in [6, 6.07) is 2.13. The fourth-order valence-corrected chi connectivity index (χ4v) is 3.72. The van der Waals surface area contributed by atoms with E-state index in [-0.39, 0.29) is 5.60 Å². The van der Waals surface area contributed by atoms with E-state index < -0.39 is 0 Å². The summed E-state index contributed by atoms with van der Waals surface area (Å²) in [6.07, 6.45) is 8.47. The van der Waals surface area contributed by atoms with E-state index in [9.17, 15) is 0 Å². The SMILES string of the molecule is Cc1[nH]cnc1CN1CCC2(CC1)C[C@@H](Nc1ncccn1)CO2. The van der Waals surface area contributed by atoms with Gasteiger partial charge < -0.3 is 15.0 Å². The minimum absolute atomic E-state index is 0.0174. The lowest BCUT2D eigenvalue weighted by Crippen LogP contribution is -2.44. The van der Waals surface area contributed by atoms with Gasteiger partial charge in [0.1, 0.15) is 0 Å². The molecule has 2 aromatic rings. The van der Waals surface area contributed by atoms with Gasteiger partial charge in [-0.15, -0.1) is 0 Å². The van der Waals surface area contributed by atoms with Crippen molar-refractivity contribution in [1.29, 1.82) is 0 Å². The van der Waals surface area contributed by atoms with Crippen LogP contribution in [0.3, 0.4) is 0 Å². The van der Waals surface area contributed by atoms with E-state index in [1.807, 2.05) is 6.07 Å². The fraction of sp³-hybridized carbons (Fsp3) is 0.588. The van der Waals surface area contributed by atoms with E-state index in [4.69, 9.17) is 4.74 Å². The molecular formula is C17H24N6O. The van der Waals surface area contributed by atoms with Gasteiger partial charge in [0.15, 0.2) is 0 Å². The van der Waals surface area contributed by atoms with Crippen LogP contribution in [0, 0.1) is 6.92 Å². The van der Waals surface area contributed by atoms with Gasteiger partial charge in [-0.2, -0.15) is 0 Å². The summed E-state index contributed by atoms with van der Waals surface area (Å²) >= 11 is 0. The highest BCUT2D eigenvalue weighted by Crippen LogP contribution is 2.37. The lowest BCUT2D eigenvalue weighted by molar-refractivity contribution is -0.0450. The normalized spacial score (nSPS) is 23.6. The lowest BCUT2D eigenvalue weighted by atomic mass is 9.87. The Morgan fingerprint density at radius 2 is 2.08 bits per heavy atom. The maximum atomic E-state index is 6.21. The fourth-order valence-electron chi connectivity index (χ4n) is 3.72. The monoisotopic (exact) mass is 328 g/mol. The van der Waals surface area contributed by atoms with Crippen molar-refractivity contribution >= 4 is 5.95 Å². The van der Waals surface area contributed by atoms with Crippen LogP contribution in [-0.4, -0.2) is 56.2 Å². The van der Waals surface area contributed by atoms with Crippen LogP contribution in [0.15, 0.2) is 24.8 Å². The molecule has 1 atom stereocenters. The van der Waals surface area contributed by atoms with E-state index in [0.717, 1.165) is 51.2 Å². The van der Waals surface area contributed by atoms with Crippen molar-refractivity contribution in [2.45, 2.75) is 44.4 Å². The number of hydrogen-bond donors (Lipinski definition) is 2. The van der Waals surface area contributed by atoms with Crippen molar-refractivity contribution in [3.05, 3.63) is 36.2 Å². The number of ether oxygens (including phenoxy) is 1. The van der Waals surface area contributed by atoms with Gasteiger partial charge in [-0.3, -0.25) is 4.90 Å². The van der Waals surface area contributed by atoms with Crippen molar-refractivity contribution in [3.8, 4) is 0 Å². The zero-order valence-corrected chi connectivity index (χ0v) is 14.0. The largest absolute Gasteiger partial charge is 0.373 e. The molecule has 0 amide bonds. The van der Waals surface area contributed by atoms with E-state index in [2.05, 4.69) is 37.1 Å². The molecule has 0 aliphatic carbocycles. The number of nitrogens with one attached hydrogen (secondary N) is 2. The maximum absolute atomic E-state index is 6.21. The van der Waals surface area contributed by atoms with Gasteiger partial charge in [-0.1, -0.05) is 0 Å². The van der Waals surface area contributed by atoms with E-state index in [0.29, 0.717) is 12.0 Å². The molecule has 2 aliphatic rings. The Morgan fingerprint density at radius 1 is 1.29 bits per heavy atom. The number of aromatic amines is 1. The van der Waals surface area contributed by atoms with Gasteiger partial charge in [-0.25, -0.2) is 15.0 Å². The van der Waals surface area contributed by atoms with Gasteiger partial charge in [0.05, 0.1) is 30.3 Å². The van der Waals surface area contributed by atoms with Crippen LogP contribution in [0.4, 0.5) is 5.95 Å². The van der Waals surface area contributed by atoms with Crippen LogP contribution in [0.2, 0.25) is 0 Å². The van der Waals surface area contributed by atoms with Crippen LogP contribution in [0.25, 0.3) is 0 Å². The summed E-state index contributed by atoms with van der Waals surface area (Å²) in [5, 5.41) is 3.39. The Labute approximate surface area is 141 Å². The number of nitrogens with zero attached hydrogens (tertiary/aromatic N) is 4. The predicted octanol–water partition coefficient (Wildman–Crippen LogP) is 1.74. The topological polar surface area (TPSA) is 79.0 Å². The average molecular weight is 328 g/mol. The first-order valence-corrected chi connectivity index (χ1v) is 8.61. The van der Waals surface area contributed by atoms with Gasteiger partial charge in [0.25, 0.3) is 0 Å². The second-order valence-corrected chi connectivity index (χ2v) is 6.86. The second kappa shape index (κ2) is 6.49. The molecule has 128 valence electrons. The second-order valence-electron chi connectivity index (χ2n) is 6.86. The number of likely N-dealkylation sites (tertiary alicyclic amines) is 1. The number of hydrogen-bond acceptors (Lipinski definition) is 6. The zero-order valence-electron chi connectivity index (χ0n) is 14.0. The molecular weight excluding hydrogens is 304 g/mol. The van der Waals surface area contributed by atoms with Crippen LogP contribution in [0.1, 0.15) is 30.7 Å². The summed E-state index contributed by atoms with van der Waals surface area (Å²) < 4.78 is 6.21. The van der Waals surface area contributed by atoms with Crippen molar-refractivity contribution in [2.24, 2.45) is 0 Å². The first-order valence-electron chi connectivity index (χ1n) is 8.61. The van der Waals surface area contributed by atoms with Gasteiger partial charge in [0, 0.05) is 37.7 Å². The summed E-state index contributed by atoms with van der Waals surface area (Å²) in [5.74, 6) is 0.689. The van der Waals surface area contributed by atoms with Gasteiger partial charge >= 0.3 is 0 Å². The van der Waals surface area contributed by atoms with Crippen molar-refractivity contribution < 1.29 is 4.74 Å². The molecule has 2 saturated heterocycles.